The Morgan fingerprint density at radius 2 is 1.53 bits per heavy atom. The first kappa shape index (κ1) is 24.6. The molecule has 0 aliphatic heterocycles. The van der Waals surface area contributed by atoms with Gasteiger partial charge in [-0.05, 0) is 23.8 Å². The number of amides is 2. The van der Waals surface area contributed by atoms with Gasteiger partial charge in [0, 0.05) is 18.1 Å². The Morgan fingerprint density at radius 1 is 1.00 bits per heavy atom. The Kier molecular flexibility index (Phi) is 7.11. The Labute approximate surface area is 176 Å². The fraction of sp³-hybridized carbons (Fsp3) is 0.263. The van der Waals surface area contributed by atoms with Crippen LogP contribution in [0.3, 0.4) is 0 Å². The van der Waals surface area contributed by atoms with Crippen molar-refractivity contribution in [2.75, 3.05) is 0 Å². The lowest BCUT2D eigenvalue weighted by Gasteiger charge is -2.17. The summed E-state index contributed by atoms with van der Waals surface area (Å²) in [6.45, 7) is 0. The number of para-hydroxylation sites is 1. The van der Waals surface area contributed by atoms with E-state index in [-0.39, 0.29) is 17.3 Å². The maximum atomic E-state index is 13.0. The number of nitrogens with zero attached hydrogens (tertiary/aromatic N) is 1. The van der Waals surface area contributed by atoms with Gasteiger partial charge < -0.3 is 11.1 Å². The molecule has 172 valence electrons. The van der Waals surface area contributed by atoms with Gasteiger partial charge in [0.05, 0.1) is 22.5 Å². The average molecular weight is 463 g/mol. The number of alkyl halides is 6. The fourth-order valence-electron chi connectivity index (χ4n) is 2.86. The van der Waals surface area contributed by atoms with E-state index in [4.69, 9.17) is 5.73 Å². The quantitative estimate of drug-likeness (QED) is 0.372. The van der Waals surface area contributed by atoms with Crippen molar-refractivity contribution < 1.29 is 40.9 Å². The predicted molar refractivity (Wildman–Crippen MR) is 98.1 cm³/mol. The lowest BCUT2D eigenvalue weighted by Crippen LogP contribution is -2.46. The average Bonchev–Trinajstić information content (AvgIpc) is 2.66. The monoisotopic (exact) mass is 463 g/mol. The molecule has 0 bridgehead atoms. The lowest BCUT2D eigenvalue weighted by atomic mass is 10.0. The van der Waals surface area contributed by atoms with Crippen molar-refractivity contribution in [2.45, 2.75) is 31.2 Å². The fourth-order valence-corrected chi connectivity index (χ4v) is 2.86. The van der Waals surface area contributed by atoms with Crippen molar-refractivity contribution in [3.63, 3.8) is 0 Å². The third kappa shape index (κ3) is 6.43. The summed E-state index contributed by atoms with van der Waals surface area (Å²) in [5.74, 6) is -2.20. The number of halogens is 6. The summed E-state index contributed by atoms with van der Waals surface area (Å²) in [6, 6.07) is 4.46. The van der Waals surface area contributed by atoms with Crippen LogP contribution in [0.15, 0.2) is 42.5 Å². The second kappa shape index (κ2) is 9.24. The summed E-state index contributed by atoms with van der Waals surface area (Å²) in [4.78, 5) is 34.3. The topological polar surface area (TPSA) is 115 Å². The molecule has 0 heterocycles. The molecule has 2 aromatic carbocycles. The van der Waals surface area contributed by atoms with Crippen molar-refractivity contribution >= 4 is 17.5 Å². The normalized spacial score (nSPS) is 12.8. The first-order chi connectivity index (χ1) is 14.7. The molecule has 0 aliphatic carbocycles. The number of nitrogens with two attached hydrogens (primary N) is 1. The van der Waals surface area contributed by atoms with E-state index in [1.165, 1.54) is 18.2 Å². The highest BCUT2D eigenvalue weighted by Crippen LogP contribution is 2.36. The van der Waals surface area contributed by atoms with Gasteiger partial charge in [-0.1, -0.05) is 18.2 Å². The molecule has 0 saturated heterocycles. The van der Waals surface area contributed by atoms with Gasteiger partial charge in [0.15, 0.2) is 0 Å². The number of nitro benzene ring substituents is 1. The first-order valence-electron chi connectivity index (χ1n) is 8.78. The minimum atomic E-state index is -5.09. The molecular formula is C19H15F6N3O4. The Bertz CT molecular complexity index is 1000. The molecule has 2 rings (SSSR count). The van der Waals surface area contributed by atoms with E-state index in [1.807, 2.05) is 0 Å². The van der Waals surface area contributed by atoms with E-state index >= 15 is 0 Å². The standard InChI is InChI=1S/C19H15F6N3O4/c20-18(21,22)12-5-10(6-13(9-12)19(23,24)25)7-16(29)27-14(17(26)30)8-11-3-1-2-4-15(11)28(31)32/h1-6,9,14H,7-8H2,(H2,26,30)(H,27,29)/t14-/m0/s1. The molecule has 0 radical (unpaired) electrons. The maximum Gasteiger partial charge on any atom is 0.416 e. The van der Waals surface area contributed by atoms with Gasteiger partial charge in [0.25, 0.3) is 5.69 Å². The molecule has 0 spiro atoms. The zero-order valence-corrected chi connectivity index (χ0v) is 16.0. The van der Waals surface area contributed by atoms with Gasteiger partial charge in [-0.15, -0.1) is 0 Å². The van der Waals surface area contributed by atoms with Crippen LogP contribution in [0.2, 0.25) is 0 Å². The molecule has 2 aromatic rings. The zero-order chi connectivity index (χ0) is 24.3. The summed E-state index contributed by atoms with van der Waals surface area (Å²) in [7, 11) is 0. The highest BCUT2D eigenvalue weighted by molar-refractivity contribution is 5.87. The van der Waals surface area contributed by atoms with E-state index in [1.54, 1.807) is 0 Å². The molecule has 0 aromatic heterocycles. The summed E-state index contributed by atoms with van der Waals surface area (Å²) >= 11 is 0. The summed E-state index contributed by atoms with van der Waals surface area (Å²) < 4.78 is 77.7. The Morgan fingerprint density at radius 3 is 2.00 bits per heavy atom. The molecule has 0 unspecified atom stereocenters. The smallest absolute Gasteiger partial charge is 0.368 e. The van der Waals surface area contributed by atoms with Crippen molar-refractivity contribution in [3.05, 3.63) is 74.8 Å². The third-order valence-corrected chi connectivity index (χ3v) is 4.30. The number of nitro groups is 1. The summed E-state index contributed by atoms with van der Waals surface area (Å²) in [5.41, 5.74) is 1.08. The highest BCUT2D eigenvalue weighted by Gasteiger charge is 2.37. The zero-order valence-electron chi connectivity index (χ0n) is 16.0. The number of benzene rings is 2. The van der Waals surface area contributed by atoms with Crippen molar-refractivity contribution in [1.29, 1.82) is 0 Å². The Balaban J connectivity index is 2.26. The van der Waals surface area contributed by atoms with Crippen LogP contribution in [0.25, 0.3) is 0 Å². The predicted octanol–water partition coefficient (Wildman–Crippen LogP) is 3.39. The number of carbonyl (C=O) groups excluding carboxylic acids is 2. The van der Waals surface area contributed by atoms with E-state index < -0.39 is 64.7 Å². The number of hydrogen-bond acceptors (Lipinski definition) is 4. The van der Waals surface area contributed by atoms with Crippen molar-refractivity contribution in [1.82, 2.24) is 5.32 Å². The number of primary amides is 1. The number of rotatable bonds is 7. The van der Waals surface area contributed by atoms with Crippen LogP contribution in [0.5, 0.6) is 0 Å². The molecule has 32 heavy (non-hydrogen) atoms. The van der Waals surface area contributed by atoms with Crippen LogP contribution < -0.4 is 11.1 Å². The molecule has 13 heteroatoms. The molecule has 0 aliphatic rings. The minimum Gasteiger partial charge on any atom is -0.368 e. The van der Waals surface area contributed by atoms with Gasteiger partial charge >= 0.3 is 12.4 Å². The molecule has 7 nitrogen and oxygen atoms in total. The highest BCUT2D eigenvalue weighted by atomic mass is 19.4. The first-order valence-corrected chi connectivity index (χ1v) is 8.78. The van der Waals surface area contributed by atoms with E-state index in [0.717, 1.165) is 6.07 Å². The van der Waals surface area contributed by atoms with Gasteiger partial charge in [-0.3, -0.25) is 19.7 Å². The largest absolute Gasteiger partial charge is 0.416 e. The second-order valence-electron chi connectivity index (χ2n) is 6.70. The maximum absolute atomic E-state index is 13.0. The van der Waals surface area contributed by atoms with Crippen molar-refractivity contribution in [3.8, 4) is 0 Å². The van der Waals surface area contributed by atoms with Crippen LogP contribution in [0.1, 0.15) is 22.3 Å². The van der Waals surface area contributed by atoms with E-state index in [2.05, 4.69) is 5.32 Å². The third-order valence-electron chi connectivity index (χ3n) is 4.30. The van der Waals surface area contributed by atoms with E-state index in [9.17, 15) is 46.0 Å². The number of nitrogens with one attached hydrogen (secondary N) is 1. The van der Waals surface area contributed by atoms with Gasteiger partial charge in [-0.25, -0.2) is 0 Å². The van der Waals surface area contributed by atoms with Crippen LogP contribution in [-0.4, -0.2) is 22.8 Å². The second-order valence-corrected chi connectivity index (χ2v) is 6.70. The van der Waals surface area contributed by atoms with Crippen LogP contribution in [-0.2, 0) is 34.8 Å². The van der Waals surface area contributed by atoms with Crippen LogP contribution in [0.4, 0.5) is 32.0 Å². The molecule has 0 saturated carbocycles. The Hall–Kier alpha value is -3.64. The van der Waals surface area contributed by atoms with Gasteiger partial charge in [0.1, 0.15) is 6.04 Å². The lowest BCUT2D eigenvalue weighted by molar-refractivity contribution is -0.385. The molecule has 1 atom stereocenters. The summed E-state index contributed by atoms with van der Waals surface area (Å²) in [5, 5.41) is 13.2. The molecule has 3 N–H and O–H groups in total. The van der Waals surface area contributed by atoms with E-state index in [0.29, 0.717) is 12.1 Å². The summed E-state index contributed by atoms with van der Waals surface area (Å²) in [6.07, 6.45) is -11.5. The van der Waals surface area contributed by atoms with Crippen molar-refractivity contribution in [2.24, 2.45) is 5.73 Å². The van der Waals surface area contributed by atoms with Gasteiger partial charge in [0.2, 0.25) is 11.8 Å². The molecule has 2 amide bonds. The van der Waals surface area contributed by atoms with Gasteiger partial charge in [-0.2, -0.15) is 26.3 Å². The number of hydrogen-bond donors (Lipinski definition) is 2. The van der Waals surface area contributed by atoms with Crippen LogP contribution >= 0.6 is 0 Å². The SMILES string of the molecule is NC(=O)[C@H](Cc1ccccc1[N+](=O)[O-])NC(=O)Cc1cc(C(F)(F)F)cc(C(F)(F)F)c1. The minimum absolute atomic E-state index is 0.0417. The number of carbonyl (C=O) groups is 2. The van der Waals surface area contributed by atoms with Crippen LogP contribution in [0, 0.1) is 10.1 Å². The molecular weight excluding hydrogens is 448 g/mol. The molecule has 0 fully saturated rings.